The molecular formula is C21H20N4O4S2. The van der Waals surface area contributed by atoms with Gasteiger partial charge in [-0.1, -0.05) is 29.5 Å². The number of H-pyrrole nitrogens is 2. The van der Waals surface area contributed by atoms with Crippen LogP contribution in [0.1, 0.15) is 5.56 Å². The van der Waals surface area contributed by atoms with Crippen LogP contribution < -0.4 is 4.87 Å². The molecule has 0 unspecified atom stereocenters. The molecule has 0 saturated carbocycles. The van der Waals surface area contributed by atoms with Gasteiger partial charge in [-0.15, -0.1) is 0 Å². The van der Waals surface area contributed by atoms with E-state index in [0.29, 0.717) is 23.3 Å². The van der Waals surface area contributed by atoms with Crippen molar-refractivity contribution in [1.82, 2.24) is 19.2 Å². The quantitative estimate of drug-likeness (QED) is 0.491. The van der Waals surface area contributed by atoms with Crippen LogP contribution in [0.3, 0.4) is 0 Å². The number of hydrogen-bond acceptors (Lipinski definition) is 5. The van der Waals surface area contributed by atoms with Crippen LogP contribution in [0.15, 0.2) is 58.4 Å². The lowest BCUT2D eigenvalue weighted by Crippen LogP contribution is -2.50. The second kappa shape index (κ2) is 7.63. The molecule has 2 N–H and O–H groups in total. The normalized spacial score (nSPS) is 15.7. The summed E-state index contributed by atoms with van der Waals surface area (Å²) in [5.74, 6) is -0.0136. The fraction of sp³-hybridized carbons (Fsp3) is 0.238. The Morgan fingerprint density at radius 2 is 1.81 bits per heavy atom. The Hall–Kier alpha value is -2.95. The Kier molecular flexibility index (Phi) is 4.92. The minimum Gasteiger partial charge on any atom is -0.361 e. The third-order valence-corrected chi connectivity index (χ3v) is 8.38. The van der Waals surface area contributed by atoms with E-state index in [-0.39, 0.29) is 35.2 Å². The molecule has 0 spiro atoms. The third kappa shape index (κ3) is 3.67. The maximum Gasteiger partial charge on any atom is 0.305 e. The standard InChI is InChI=1S/C21H20N4O4S2/c26-20(11-14-13-22-17-4-2-1-3-16(14)17)24-7-9-25(10-8-24)31(28,29)15-5-6-18-19(12-15)30-21(27)23-18/h1-6,12-13,22H,7-11H2,(H,23,27). The third-order valence-electron chi connectivity index (χ3n) is 5.64. The van der Waals surface area contributed by atoms with Crippen molar-refractivity contribution < 1.29 is 13.2 Å². The smallest absolute Gasteiger partial charge is 0.305 e. The summed E-state index contributed by atoms with van der Waals surface area (Å²) in [5.41, 5.74) is 2.56. The first-order valence-corrected chi connectivity index (χ1v) is 12.1. The zero-order valence-electron chi connectivity index (χ0n) is 16.5. The van der Waals surface area contributed by atoms with E-state index in [1.54, 1.807) is 11.0 Å². The largest absolute Gasteiger partial charge is 0.361 e. The first kappa shape index (κ1) is 20.0. The van der Waals surface area contributed by atoms with Crippen molar-refractivity contribution in [3.63, 3.8) is 0 Å². The van der Waals surface area contributed by atoms with Crippen LogP contribution in [0, 0.1) is 0 Å². The molecule has 4 aromatic rings. The van der Waals surface area contributed by atoms with Gasteiger partial charge in [-0.2, -0.15) is 4.31 Å². The number of nitrogens with one attached hydrogen (secondary N) is 2. The number of carbonyl (C=O) groups excluding carboxylic acids is 1. The molecule has 5 rings (SSSR count). The number of fused-ring (bicyclic) bond motifs is 2. The molecule has 160 valence electrons. The molecule has 1 aliphatic heterocycles. The average molecular weight is 457 g/mol. The SMILES string of the molecule is O=C(Cc1c[nH]c2ccccc12)N1CCN(S(=O)(=O)c2ccc3[nH]c(=O)sc3c2)CC1. The van der Waals surface area contributed by atoms with Crippen LogP contribution in [0.4, 0.5) is 0 Å². The number of piperazine rings is 1. The van der Waals surface area contributed by atoms with Gasteiger partial charge in [0.15, 0.2) is 0 Å². The molecule has 1 fully saturated rings. The summed E-state index contributed by atoms with van der Waals surface area (Å²) in [6.07, 6.45) is 2.13. The number of nitrogens with zero attached hydrogens (tertiary/aromatic N) is 2. The predicted molar refractivity (Wildman–Crippen MR) is 120 cm³/mol. The van der Waals surface area contributed by atoms with Gasteiger partial charge in [0, 0.05) is 43.3 Å². The number of sulfonamides is 1. The molecule has 3 heterocycles. The Morgan fingerprint density at radius 3 is 2.61 bits per heavy atom. The molecule has 0 atom stereocenters. The second-order valence-electron chi connectivity index (χ2n) is 7.49. The highest BCUT2D eigenvalue weighted by molar-refractivity contribution is 7.89. The van der Waals surface area contributed by atoms with E-state index in [2.05, 4.69) is 9.97 Å². The van der Waals surface area contributed by atoms with E-state index in [4.69, 9.17) is 0 Å². The summed E-state index contributed by atoms with van der Waals surface area (Å²) < 4.78 is 28.1. The summed E-state index contributed by atoms with van der Waals surface area (Å²) >= 11 is 0.986. The van der Waals surface area contributed by atoms with Gasteiger partial charge in [0.25, 0.3) is 0 Å². The minimum absolute atomic E-state index is 0.0136. The van der Waals surface area contributed by atoms with Crippen molar-refractivity contribution in [2.45, 2.75) is 11.3 Å². The van der Waals surface area contributed by atoms with E-state index in [1.807, 2.05) is 30.5 Å². The van der Waals surface area contributed by atoms with Crippen molar-refractivity contribution >= 4 is 48.4 Å². The van der Waals surface area contributed by atoms with Gasteiger partial charge in [0.1, 0.15) is 0 Å². The van der Waals surface area contributed by atoms with Crippen LogP contribution in [-0.2, 0) is 21.2 Å². The lowest BCUT2D eigenvalue weighted by atomic mass is 10.1. The molecule has 0 radical (unpaired) electrons. The minimum atomic E-state index is -3.69. The fourth-order valence-electron chi connectivity index (χ4n) is 3.97. The van der Waals surface area contributed by atoms with Crippen molar-refractivity contribution in [1.29, 1.82) is 0 Å². The summed E-state index contributed by atoms with van der Waals surface area (Å²) in [6.45, 7) is 1.17. The molecule has 2 aromatic heterocycles. The van der Waals surface area contributed by atoms with Gasteiger partial charge < -0.3 is 14.9 Å². The molecule has 2 aromatic carbocycles. The number of aromatic amines is 2. The van der Waals surface area contributed by atoms with Gasteiger partial charge in [0.05, 0.1) is 21.5 Å². The number of carbonyl (C=O) groups is 1. The Morgan fingerprint density at radius 1 is 1.03 bits per heavy atom. The van der Waals surface area contributed by atoms with E-state index >= 15 is 0 Å². The lowest BCUT2D eigenvalue weighted by Gasteiger charge is -2.34. The highest BCUT2D eigenvalue weighted by Gasteiger charge is 2.30. The number of benzene rings is 2. The summed E-state index contributed by atoms with van der Waals surface area (Å²) in [6, 6.07) is 12.5. The second-order valence-corrected chi connectivity index (χ2v) is 10.4. The van der Waals surface area contributed by atoms with E-state index in [9.17, 15) is 18.0 Å². The number of hydrogen-bond donors (Lipinski definition) is 2. The number of aromatic nitrogens is 2. The van der Waals surface area contributed by atoms with Gasteiger partial charge in [0.2, 0.25) is 15.9 Å². The van der Waals surface area contributed by atoms with E-state index in [1.165, 1.54) is 16.4 Å². The van der Waals surface area contributed by atoms with Crippen molar-refractivity contribution in [3.8, 4) is 0 Å². The zero-order valence-corrected chi connectivity index (χ0v) is 18.1. The van der Waals surface area contributed by atoms with Gasteiger partial charge in [-0.25, -0.2) is 8.42 Å². The average Bonchev–Trinajstić information content (AvgIpc) is 3.35. The van der Waals surface area contributed by atoms with Crippen LogP contribution >= 0.6 is 11.3 Å². The number of amides is 1. The maximum absolute atomic E-state index is 13.1. The molecule has 0 aliphatic carbocycles. The highest BCUT2D eigenvalue weighted by Crippen LogP contribution is 2.24. The summed E-state index contributed by atoms with van der Waals surface area (Å²) in [4.78, 5) is 31.8. The molecule has 31 heavy (non-hydrogen) atoms. The summed E-state index contributed by atoms with van der Waals surface area (Å²) in [5, 5.41) is 1.03. The van der Waals surface area contributed by atoms with Gasteiger partial charge >= 0.3 is 4.87 Å². The Bertz CT molecular complexity index is 1440. The number of rotatable bonds is 4. The first-order chi connectivity index (χ1) is 14.9. The van der Waals surface area contributed by atoms with Crippen molar-refractivity contribution in [2.75, 3.05) is 26.2 Å². The molecule has 1 saturated heterocycles. The molecule has 8 nitrogen and oxygen atoms in total. The van der Waals surface area contributed by atoms with Crippen LogP contribution in [-0.4, -0.2) is 59.7 Å². The predicted octanol–water partition coefficient (Wildman–Crippen LogP) is 2.15. The highest BCUT2D eigenvalue weighted by atomic mass is 32.2. The lowest BCUT2D eigenvalue weighted by molar-refractivity contribution is -0.131. The van der Waals surface area contributed by atoms with E-state index < -0.39 is 10.0 Å². The Labute approximate surface area is 182 Å². The molecule has 0 bridgehead atoms. The van der Waals surface area contributed by atoms with Crippen LogP contribution in [0.2, 0.25) is 0 Å². The van der Waals surface area contributed by atoms with Crippen molar-refractivity contribution in [3.05, 3.63) is 63.9 Å². The maximum atomic E-state index is 13.1. The number of thiazole rings is 1. The van der Waals surface area contributed by atoms with E-state index in [0.717, 1.165) is 27.8 Å². The van der Waals surface area contributed by atoms with Gasteiger partial charge in [-0.3, -0.25) is 9.59 Å². The molecule has 1 amide bonds. The zero-order chi connectivity index (χ0) is 21.6. The van der Waals surface area contributed by atoms with Crippen LogP contribution in [0.5, 0.6) is 0 Å². The number of para-hydroxylation sites is 1. The monoisotopic (exact) mass is 456 g/mol. The summed E-state index contributed by atoms with van der Waals surface area (Å²) in [7, 11) is -3.69. The first-order valence-electron chi connectivity index (χ1n) is 9.87. The molecule has 1 aliphatic rings. The van der Waals surface area contributed by atoms with Gasteiger partial charge in [-0.05, 0) is 29.8 Å². The molecular weight excluding hydrogens is 436 g/mol. The molecule has 10 heteroatoms. The topological polar surface area (TPSA) is 106 Å². The fourth-order valence-corrected chi connectivity index (χ4v) is 6.26. The Balaban J connectivity index is 1.27. The van der Waals surface area contributed by atoms with Crippen molar-refractivity contribution in [2.24, 2.45) is 0 Å². The van der Waals surface area contributed by atoms with Crippen LogP contribution in [0.25, 0.3) is 21.1 Å².